The number of rotatable bonds is 6. The normalized spacial score (nSPS) is 14.3. The second kappa shape index (κ2) is 7.80. The predicted octanol–water partition coefficient (Wildman–Crippen LogP) is 3.83. The molecule has 4 rings (SSSR count). The van der Waals surface area contributed by atoms with Crippen molar-refractivity contribution in [1.82, 2.24) is 20.6 Å². The van der Waals surface area contributed by atoms with Crippen LogP contribution in [0.2, 0.25) is 0 Å². The van der Waals surface area contributed by atoms with E-state index in [1.165, 1.54) is 0 Å². The molecular weight excluding hydrogens is 356 g/mol. The molecule has 0 atom stereocenters. The maximum Gasteiger partial charge on any atom is 0.179 e. The number of carbonyl (C=O) groups excluding carboxylic acids is 1. The van der Waals surface area contributed by atoms with E-state index in [0.717, 1.165) is 36.8 Å². The zero-order valence-electron chi connectivity index (χ0n) is 15.7. The van der Waals surface area contributed by atoms with Gasteiger partial charge in [-0.1, -0.05) is 37.1 Å². The smallest absolute Gasteiger partial charge is 0.179 e. The molecule has 0 radical (unpaired) electrons. The maximum absolute atomic E-state index is 12.6. The summed E-state index contributed by atoms with van der Waals surface area (Å²) in [6, 6.07) is 11.1. The van der Waals surface area contributed by atoms with Crippen molar-refractivity contribution < 1.29 is 14.6 Å². The summed E-state index contributed by atoms with van der Waals surface area (Å²) in [6.45, 7) is 2.13. The highest BCUT2D eigenvalue weighted by molar-refractivity contribution is 6.01. The first-order valence-electron chi connectivity index (χ1n) is 9.46. The van der Waals surface area contributed by atoms with Crippen LogP contribution in [0.4, 0.5) is 0 Å². The van der Waals surface area contributed by atoms with Crippen LogP contribution < -0.4 is 4.74 Å². The summed E-state index contributed by atoms with van der Waals surface area (Å²) in [5.74, 6) is 1.29. The lowest BCUT2D eigenvalue weighted by atomic mass is 9.94. The van der Waals surface area contributed by atoms with E-state index in [0.29, 0.717) is 29.3 Å². The summed E-state index contributed by atoms with van der Waals surface area (Å²) in [6.07, 6.45) is 4.00. The molecule has 0 spiro atoms. The molecule has 7 nitrogen and oxygen atoms in total. The van der Waals surface area contributed by atoms with E-state index in [2.05, 4.69) is 20.6 Å². The molecule has 7 heteroatoms. The lowest BCUT2D eigenvalue weighted by Crippen LogP contribution is -2.11. The van der Waals surface area contributed by atoms with Crippen LogP contribution in [0.15, 0.2) is 36.4 Å². The molecule has 1 aromatic heterocycles. The van der Waals surface area contributed by atoms with E-state index in [1.807, 2.05) is 24.3 Å². The molecule has 1 saturated carbocycles. The largest absolute Gasteiger partial charge is 0.507 e. The van der Waals surface area contributed by atoms with Gasteiger partial charge in [-0.15, -0.1) is 5.10 Å². The average Bonchev–Trinajstić information content (AvgIpc) is 3.43. The van der Waals surface area contributed by atoms with Crippen molar-refractivity contribution in [2.75, 3.05) is 0 Å². The Balaban J connectivity index is 1.45. The summed E-state index contributed by atoms with van der Waals surface area (Å²) < 4.78 is 5.88. The van der Waals surface area contributed by atoms with Gasteiger partial charge in [-0.25, -0.2) is 5.10 Å². The fourth-order valence-electron chi connectivity index (χ4n) is 3.65. The molecule has 144 valence electrons. The SMILES string of the molecule is Cc1c(OCc2ccc(-c3nnn[nH]3)cc2)ccc(C(=O)C2CCCC2)c1O. The van der Waals surface area contributed by atoms with Gasteiger partial charge >= 0.3 is 0 Å². The molecule has 28 heavy (non-hydrogen) atoms. The molecule has 0 bridgehead atoms. The van der Waals surface area contributed by atoms with Crippen LogP contribution in [0.3, 0.4) is 0 Å². The third-order valence-electron chi connectivity index (χ3n) is 5.34. The van der Waals surface area contributed by atoms with E-state index in [1.54, 1.807) is 19.1 Å². The number of tetrazole rings is 1. The first kappa shape index (κ1) is 18.2. The number of aromatic amines is 1. The molecule has 1 heterocycles. The van der Waals surface area contributed by atoms with E-state index < -0.39 is 0 Å². The van der Waals surface area contributed by atoms with Crippen molar-refractivity contribution in [3.05, 3.63) is 53.1 Å². The molecule has 2 N–H and O–H groups in total. The van der Waals surface area contributed by atoms with Crippen molar-refractivity contribution in [3.63, 3.8) is 0 Å². The number of ether oxygens (including phenoxy) is 1. The molecule has 1 aliphatic carbocycles. The number of phenols is 1. The van der Waals surface area contributed by atoms with Gasteiger partial charge in [0.15, 0.2) is 11.6 Å². The molecule has 2 aromatic carbocycles. The van der Waals surface area contributed by atoms with E-state index >= 15 is 0 Å². The van der Waals surface area contributed by atoms with Crippen LogP contribution in [0, 0.1) is 12.8 Å². The van der Waals surface area contributed by atoms with Crippen LogP contribution in [0.1, 0.15) is 47.2 Å². The summed E-state index contributed by atoms with van der Waals surface area (Å²) in [5.41, 5.74) is 2.86. The van der Waals surface area contributed by atoms with Gasteiger partial charge < -0.3 is 9.84 Å². The summed E-state index contributed by atoms with van der Waals surface area (Å²) in [4.78, 5) is 12.6. The van der Waals surface area contributed by atoms with Gasteiger partial charge in [-0.2, -0.15) is 0 Å². The van der Waals surface area contributed by atoms with E-state index in [-0.39, 0.29) is 17.5 Å². The predicted molar refractivity (Wildman–Crippen MR) is 103 cm³/mol. The van der Waals surface area contributed by atoms with E-state index in [9.17, 15) is 9.90 Å². The second-order valence-electron chi connectivity index (χ2n) is 7.17. The minimum absolute atomic E-state index is 0.0302. The maximum atomic E-state index is 12.6. The molecular formula is C21H22N4O3. The first-order valence-corrected chi connectivity index (χ1v) is 9.46. The number of aromatic nitrogens is 4. The Kier molecular flexibility index (Phi) is 5.06. The van der Waals surface area contributed by atoms with Gasteiger partial charge in [0.2, 0.25) is 0 Å². The summed E-state index contributed by atoms with van der Waals surface area (Å²) in [7, 11) is 0. The van der Waals surface area contributed by atoms with Gasteiger partial charge in [0.05, 0.1) is 5.56 Å². The van der Waals surface area contributed by atoms with Gasteiger partial charge in [0.1, 0.15) is 18.1 Å². The zero-order chi connectivity index (χ0) is 19.5. The number of nitrogens with zero attached hydrogens (tertiary/aromatic N) is 3. The Bertz CT molecular complexity index is 962. The van der Waals surface area contributed by atoms with Crippen molar-refractivity contribution in [3.8, 4) is 22.9 Å². The summed E-state index contributed by atoms with van der Waals surface area (Å²) >= 11 is 0. The van der Waals surface area contributed by atoms with Gasteiger partial charge in [-0.05, 0) is 47.9 Å². The molecule has 0 aliphatic heterocycles. The number of hydrogen-bond donors (Lipinski definition) is 2. The number of benzene rings is 2. The number of carbonyl (C=O) groups is 1. The van der Waals surface area contributed by atoms with Crippen LogP contribution in [0.5, 0.6) is 11.5 Å². The minimum Gasteiger partial charge on any atom is -0.507 e. The molecule has 0 unspecified atom stereocenters. The fraction of sp³-hybridized carbons (Fsp3) is 0.333. The van der Waals surface area contributed by atoms with Crippen LogP contribution in [-0.2, 0) is 6.61 Å². The number of phenolic OH excluding ortho intramolecular Hbond substituents is 1. The van der Waals surface area contributed by atoms with Gasteiger partial charge in [-0.3, -0.25) is 4.79 Å². The van der Waals surface area contributed by atoms with Gasteiger partial charge in [0, 0.05) is 17.0 Å². The quantitative estimate of drug-likeness (QED) is 0.632. The Morgan fingerprint density at radius 3 is 2.61 bits per heavy atom. The number of Topliss-reactive ketones (excluding diaryl/α,β-unsaturated/α-hetero) is 1. The Morgan fingerprint density at radius 1 is 1.18 bits per heavy atom. The Morgan fingerprint density at radius 2 is 1.93 bits per heavy atom. The fourth-order valence-corrected chi connectivity index (χ4v) is 3.65. The average molecular weight is 378 g/mol. The van der Waals surface area contributed by atoms with Crippen molar-refractivity contribution >= 4 is 5.78 Å². The van der Waals surface area contributed by atoms with Crippen LogP contribution >= 0.6 is 0 Å². The number of aromatic hydroxyl groups is 1. The highest BCUT2D eigenvalue weighted by Gasteiger charge is 2.26. The first-order chi connectivity index (χ1) is 13.6. The number of ketones is 1. The van der Waals surface area contributed by atoms with Crippen molar-refractivity contribution in [1.29, 1.82) is 0 Å². The van der Waals surface area contributed by atoms with Crippen molar-refractivity contribution in [2.24, 2.45) is 5.92 Å². The molecule has 1 aliphatic rings. The van der Waals surface area contributed by atoms with Gasteiger partial charge in [0.25, 0.3) is 0 Å². The Hall–Kier alpha value is -3.22. The van der Waals surface area contributed by atoms with Crippen LogP contribution in [0.25, 0.3) is 11.4 Å². The zero-order valence-corrected chi connectivity index (χ0v) is 15.7. The number of hydrogen-bond acceptors (Lipinski definition) is 6. The molecule has 1 fully saturated rings. The molecule has 3 aromatic rings. The summed E-state index contributed by atoms with van der Waals surface area (Å²) in [5, 5.41) is 24.3. The van der Waals surface area contributed by atoms with E-state index in [4.69, 9.17) is 4.74 Å². The third-order valence-corrected chi connectivity index (χ3v) is 5.34. The highest BCUT2D eigenvalue weighted by atomic mass is 16.5. The van der Waals surface area contributed by atoms with Crippen molar-refractivity contribution in [2.45, 2.75) is 39.2 Å². The molecule has 0 amide bonds. The van der Waals surface area contributed by atoms with Crippen LogP contribution in [-0.4, -0.2) is 31.5 Å². The molecule has 0 saturated heterocycles. The lowest BCUT2D eigenvalue weighted by Gasteiger charge is -2.15. The highest BCUT2D eigenvalue weighted by Crippen LogP contribution is 2.35. The second-order valence-corrected chi connectivity index (χ2v) is 7.17. The minimum atomic E-state index is 0.0302. The Labute approximate surface area is 162 Å². The lowest BCUT2D eigenvalue weighted by molar-refractivity contribution is 0.0920. The monoisotopic (exact) mass is 378 g/mol. The standard InChI is InChI=1S/C21H22N4O3/c1-13-18(11-10-17(19(13)26)20(27)15-4-2-3-5-15)28-12-14-6-8-16(9-7-14)21-22-24-25-23-21/h6-11,15,26H,2-5,12H2,1H3,(H,22,23,24,25). The number of H-pyrrole nitrogens is 1. The number of nitrogens with one attached hydrogen (secondary N) is 1. The third kappa shape index (κ3) is 3.60. The topological polar surface area (TPSA) is 101 Å².